The summed E-state index contributed by atoms with van der Waals surface area (Å²) in [7, 11) is 0. The van der Waals surface area contributed by atoms with Crippen LogP contribution in [0.2, 0.25) is 0 Å². The molecule has 0 saturated heterocycles. The molecule has 2 saturated carbocycles. The molecule has 0 spiro atoms. The van der Waals surface area contributed by atoms with Gasteiger partial charge in [0.15, 0.2) is 0 Å². The first-order chi connectivity index (χ1) is 12.5. The zero-order valence-corrected chi connectivity index (χ0v) is 14.4. The number of amides is 1. The van der Waals surface area contributed by atoms with Crippen LogP contribution in [-0.4, -0.2) is 28.0 Å². The highest BCUT2D eigenvalue weighted by Gasteiger charge is 2.29. The van der Waals surface area contributed by atoms with E-state index in [0.717, 1.165) is 18.5 Å². The molecule has 0 aliphatic heterocycles. The van der Waals surface area contributed by atoms with Gasteiger partial charge in [-0.15, -0.1) is 0 Å². The molecule has 1 aromatic carbocycles. The summed E-state index contributed by atoms with van der Waals surface area (Å²) in [6, 6.07) is 6.08. The van der Waals surface area contributed by atoms with Gasteiger partial charge in [-0.05, 0) is 62.8 Å². The van der Waals surface area contributed by atoms with Crippen LogP contribution in [0.5, 0.6) is 0 Å². The number of pyridine rings is 1. The maximum Gasteiger partial charge on any atom is 0.306 e. The lowest BCUT2D eigenvalue weighted by molar-refractivity contribution is -0.142. The van der Waals surface area contributed by atoms with Crippen LogP contribution in [0.3, 0.4) is 0 Å². The second kappa shape index (κ2) is 6.67. The van der Waals surface area contributed by atoms with E-state index >= 15 is 0 Å². The number of halogens is 1. The van der Waals surface area contributed by atoms with Crippen molar-refractivity contribution in [2.24, 2.45) is 5.92 Å². The second-order valence-corrected chi connectivity index (χ2v) is 7.39. The molecule has 2 aliphatic rings. The summed E-state index contributed by atoms with van der Waals surface area (Å²) in [5, 5.41) is 12.6. The predicted molar refractivity (Wildman–Crippen MR) is 94.5 cm³/mol. The Labute approximate surface area is 150 Å². The SMILES string of the molecule is O=C(NC1CCC(C(=O)O)CC1)c1cc(C2CC2)nc2ccc(F)cc12. The molecule has 0 bridgehead atoms. The molecule has 6 heteroatoms. The van der Waals surface area contributed by atoms with E-state index < -0.39 is 11.8 Å². The second-order valence-electron chi connectivity index (χ2n) is 7.39. The van der Waals surface area contributed by atoms with Gasteiger partial charge in [-0.1, -0.05) is 0 Å². The lowest BCUT2D eigenvalue weighted by atomic mass is 9.86. The van der Waals surface area contributed by atoms with Crippen LogP contribution in [0, 0.1) is 11.7 Å². The van der Waals surface area contributed by atoms with Crippen molar-refractivity contribution in [2.45, 2.75) is 50.5 Å². The number of benzene rings is 1. The van der Waals surface area contributed by atoms with Gasteiger partial charge in [0.25, 0.3) is 5.91 Å². The van der Waals surface area contributed by atoms with E-state index in [1.807, 2.05) is 0 Å². The van der Waals surface area contributed by atoms with Crippen LogP contribution >= 0.6 is 0 Å². The Hall–Kier alpha value is -2.50. The molecular formula is C20H21FN2O3. The average Bonchev–Trinajstić information content (AvgIpc) is 3.46. The van der Waals surface area contributed by atoms with Crippen LogP contribution in [0.1, 0.15) is 60.5 Å². The van der Waals surface area contributed by atoms with E-state index in [-0.39, 0.29) is 17.9 Å². The lowest BCUT2D eigenvalue weighted by Crippen LogP contribution is -2.38. The van der Waals surface area contributed by atoms with E-state index in [2.05, 4.69) is 10.3 Å². The first-order valence-electron chi connectivity index (χ1n) is 9.15. The predicted octanol–water partition coefficient (Wildman–Crippen LogP) is 3.62. The standard InChI is InChI=1S/C20H21FN2O3/c21-13-5-8-17-15(9-13)16(10-18(23-17)11-1-2-11)19(24)22-14-6-3-12(4-7-14)20(25)26/h5,8-12,14H,1-4,6-7H2,(H,22,24)(H,25,26). The molecule has 1 aromatic heterocycles. The van der Waals surface area contributed by atoms with Gasteiger partial charge in [-0.3, -0.25) is 14.6 Å². The zero-order valence-electron chi connectivity index (χ0n) is 14.4. The molecule has 2 aliphatic carbocycles. The fourth-order valence-electron chi connectivity index (χ4n) is 3.74. The lowest BCUT2D eigenvalue weighted by Gasteiger charge is -2.27. The topological polar surface area (TPSA) is 79.3 Å². The van der Waals surface area contributed by atoms with Gasteiger partial charge in [0.2, 0.25) is 0 Å². The van der Waals surface area contributed by atoms with Crippen molar-refractivity contribution in [1.29, 1.82) is 0 Å². The maximum atomic E-state index is 13.7. The number of carbonyl (C=O) groups is 2. The highest BCUT2D eigenvalue weighted by molar-refractivity contribution is 6.06. The molecule has 2 aromatic rings. The molecule has 5 nitrogen and oxygen atoms in total. The Morgan fingerprint density at radius 2 is 1.81 bits per heavy atom. The number of hydrogen-bond donors (Lipinski definition) is 2. The average molecular weight is 356 g/mol. The van der Waals surface area contributed by atoms with Crippen LogP contribution in [0.25, 0.3) is 10.9 Å². The zero-order chi connectivity index (χ0) is 18.3. The van der Waals surface area contributed by atoms with Crippen molar-refractivity contribution >= 4 is 22.8 Å². The molecule has 0 unspecified atom stereocenters. The van der Waals surface area contributed by atoms with Gasteiger partial charge in [-0.2, -0.15) is 0 Å². The minimum Gasteiger partial charge on any atom is -0.481 e. The smallest absolute Gasteiger partial charge is 0.306 e. The number of hydrogen-bond acceptors (Lipinski definition) is 3. The number of aliphatic carboxylic acids is 1. The van der Waals surface area contributed by atoms with E-state index in [1.165, 1.54) is 12.1 Å². The Kier molecular flexibility index (Phi) is 4.34. The first-order valence-corrected chi connectivity index (χ1v) is 9.15. The molecule has 136 valence electrons. The third kappa shape index (κ3) is 3.41. The van der Waals surface area contributed by atoms with Crippen molar-refractivity contribution in [3.8, 4) is 0 Å². The summed E-state index contributed by atoms with van der Waals surface area (Å²) in [4.78, 5) is 28.5. The molecule has 4 rings (SSSR count). The summed E-state index contributed by atoms with van der Waals surface area (Å²) in [6.45, 7) is 0. The van der Waals surface area contributed by atoms with Gasteiger partial charge in [0.1, 0.15) is 5.82 Å². The largest absolute Gasteiger partial charge is 0.481 e. The van der Waals surface area contributed by atoms with Gasteiger partial charge in [-0.25, -0.2) is 4.39 Å². The summed E-state index contributed by atoms with van der Waals surface area (Å²) < 4.78 is 13.7. The van der Waals surface area contributed by atoms with Gasteiger partial charge in [0.05, 0.1) is 17.0 Å². The van der Waals surface area contributed by atoms with Gasteiger partial charge >= 0.3 is 5.97 Å². The van der Waals surface area contributed by atoms with Crippen molar-refractivity contribution in [3.63, 3.8) is 0 Å². The van der Waals surface area contributed by atoms with Crippen LogP contribution in [-0.2, 0) is 4.79 Å². The molecular weight excluding hydrogens is 335 g/mol. The van der Waals surface area contributed by atoms with Crippen molar-refractivity contribution in [3.05, 3.63) is 41.3 Å². The summed E-state index contributed by atoms with van der Waals surface area (Å²) >= 11 is 0. The number of carboxylic acids is 1. The Bertz CT molecular complexity index is 871. The molecule has 26 heavy (non-hydrogen) atoms. The normalized spacial score (nSPS) is 23.0. The van der Waals surface area contributed by atoms with Crippen LogP contribution in [0.15, 0.2) is 24.3 Å². The molecule has 1 amide bonds. The molecule has 2 fully saturated rings. The minimum atomic E-state index is -0.764. The Morgan fingerprint density at radius 3 is 2.46 bits per heavy atom. The van der Waals surface area contributed by atoms with Gasteiger partial charge in [0, 0.05) is 23.0 Å². The van der Waals surface area contributed by atoms with E-state index in [9.17, 15) is 14.0 Å². The fourth-order valence-corrected chi connectivity index (χ4v) is 3.74. The fraction of sp³-hybridized carbons (Fsp3) is 0.450. The van der Waals surface area contributed by atoms with E-state index in [4.69, 9.17) is 5.11 Å². The van der Waals surface area contributed by atoms with E-state index in [1.54, 1.807) is 12.1 Å². The van der Waals surface area contributed by atoms with Gasteiger partial charge < -0.3 is 10.4 Å². The highest BCUT2D eigenvalue weighted by Crippen LogP contribution is 2.40. The maximum absolute atomic E-state index is 13.7. The molecule has 2 N–H and O–H groups in total. The monoisotopic (exact) mass is 356 g/mol. The summed E-state index contributed by atoms with van der Waals surface area (Å²) in [6.07, 6.45) is 4.57. The number of fused-ring (bicyclic) bond motifs is 1. The summed E-state index contributed by atoms with van der Waals surface area (Å²) in [5.74, 6) is -1.32. The third-order valence-electron chi connectivity index (χ3n) is 5.44. The molecule has 1 heterocycles. The van der Waals surface area contributed by atoms with E-state index in [0.29, 0.717) is 48.1 Å². The Morgan fingerprint density at radius 1 is 1.08 bits per heavy atom. The Balaban J connectivity index is 1.58. The number of aromatic nitrogens is 1. The minimum absolute atomic E-state index is 0.0424. The molecule has 0 radical (unpaired) electrons. The van der Waals surface area contributed by atoms with Crippen molar-refractivity contribution < 1.29 is 19.1 Å². The summed E-state index contributed by atoms with van der Waals surface area (Å²) in [5.41, 5.74) is 1.98. The van der Waals surface area contributed by atoms with Crippen LogP contribution < -0.4 is 5.32 Å². The quantitative estimate of drug-likeness (QED) is 0.877. The first kappa shape index (κ1) is 16.9. The number of nitrogens with one attached hydrogen (secondary N) is 1. The highest BCUT2D eigenvalue weighted by atomic mass is 19.1. The number of carbonyl (C=O) groups excluding carboxylic acids is 1. The number of rotatable bonds is 4. The van der Waals surface area contributed by atoms with Crippen LogP contribution in [0.4, 0.5) is 4.39 Å². The van der Waals surface area contributed by atoms with Crippen molar-refractivity contribution in [1.82, 2.24) is 10.3 Å². The van der Waals surface area contributed by atoms with Crippen molar-refractivity contribution in [2.75, 3.05) is 0 Å². The number of nitrogens with zero attached hydrogens (tertiary/aromatic N) is 1. The third-order valence-corrected chi connectivity index (χ3v) is 5.44. The number of carboxylic acid groups (broad SMARTS) is 1. The molecule has 0 atom stereocenters.